The molecule has 0 aliphatic carbocycles. The van der Waals surface area contributed by atoms with E-state index in [0.717, 1.165) is 0 Å². The Balaban J connectivity index is 2.61. The standard InChI is InChI=1S/C8H7NO4S/c10-8-4-9-7-2-1-5(3-6(7)8)14(11,12)13/h1-3,9H,4H2,(H,11,12,13). The van der Waals surface area contributed by atoms with Crippen LogP contribution in [0.2, 0.25) is 0 Å². The SMILES string of the molecule is O=C1CNc2ccc(S(=O)(=O)O)cc21. The van der Waals surface area contributed by atoms with Crippen molar-refractivity contribution >= 4 is 21.6 Å². The highest BCUT2D eigenvalue weighted by molar-refractivity contribution is 7.85. The molecule has 1 heterocycles. The molecular weight excluding hydrogens is 206 g/mol. The van der Waals surface area contributed by atoms with Crippen LogP contribution >= 0.6 is 0 Å². The van der Waals surface area contributed by atoms with E-state index in [1.807, 2.05) is 0 Å². The number of nitrogens with one attached hydrogen (secondary N) is 1. The fourth-order valence-corrected chi connectivity index (χ4v) is 1.85. The number of fused-ring (bicyclic) bond motifs is 1. The molecule has 0 aromatic heterocycles. The maximum atomic E-state index is 11.2. The summed E-state index contributed by atoms with van der Waals surface area (Å²) in [4.78, 5) is 10.9. The average Bonchev–Trinajstić information content (AvgIpc) is 2.46. The normalized spacial score (nSPS) is 15.1. The number of carbonyl (C=O) groups excluding carboxylic acids is 1. The van der Waals surface area contributed by atoms with Crippen molar-refractivity contribution in [1.29, 1.82) is 0 Å². The molecule has 2 N–H and O–H groups in total. The zero-order chi connectivity index (χ0) is 10.3. The monoisotopic (exact) mass is 213 g/mol. The van der Waals surface area contributed by atoms with Crippen LogP contribution in [-0.4, -0.2) is 25.3 Å². The number of benzene rings is 1. The molecule has 6 heteroatoms. The molecule has 0 unspecified atom stereocenters. The summed E-state index contributed by atoms with van der Waals surface area (Å²) in [5.41, 5.74) is 0.905. The number of rotatable bonds is 1. The molecule has 0 bridgehead atoms. The number of hydrogen-bond acceptors (Lipinski definition) is 4. The molecule has 0 amide bonds. The first kappa shape index (κ1) is 9.17. The smallest absolute Gasteiger partial charge is 0.294 e. The van der Waals surface area contributed by atoms with E-state index in [2.05, 4.69) is 5.32 Å². The first-order valence-electron chi connectivity index (χ1n) is 3.87. The maximum Gasteiger partial charge on any atom is 0.294 e. The maximum absolute atomic E-state index is 11.2. The predicted octanol–water partition coefficient (Wildman–Crippen LogP) is 0.541. The third-order valence-electron chi connectivity index (χ3n) is 2.03. The minimum Gasteiger partial charge on any atom is -0.377 e. The largest absolute Gasteiger partial charge is 0.377 e. The molecule has 0 fully saturated rings. The summed E-state index contributed by atoms with van der Waals surface area (Å²) in [7, 11) is -4.23. The van der Waals surface area contributed by atoms with Gasteiger partial charge in [-0.2, -0.15) is 8.42 Å². The zero-order valence-corrected chi connectivity index (χ0v) is 7.84. The third kappa shape index (κ3) is 1.38. The summed E-state index contributed by atoms with van der Waals surface area (Å²) < 4.78 is 30.3. The van der Waals surface area contributed by atoms with Crippen molar-refractivity contribution in [2.45, 2.75) is 4.90 Å². The highest BCUT2D eigenvalue weighted by atomic mass is 32.2. The third-order valence-corrected chi connectivity index (χ3v) is 2.88. The van der Waals surface area contributed by atoms with Crippen LogP contribution in [0.3, 0.4) is 0 Å². The van der Waals surface area contributed by atoms with Crippen LogP contribution in [0.4, 0.5) is 5.69 Å². The van der Waals surface area contributed by atoms with E-state index in [1.54, 1.807) is 0 Å². The lowest BCUT2D eigenvalue weighted by Crippen LogP contribution is -2.02. The lowest BCUT2D eigenvalue weighted by molar-refractivity contribution is 0.101. The van der Waals surface area contributed by atoms with Crippen LogP contribution in [-0.2, 0) is 10.1 Å². The summed E-state index contributed by atoms with van der Waals surface area (Å²) in [5.74, 6) is -0.175. The first-order valence-corrected chi connectivity index (χ1v) is 5.31. The Morgan fingerprint density at radius 2 is 2.07 bits per heavy atom. The van der Waals surface area contributed by atoms with Crippen molar-refractivity contribution in [2.24, 2.45) is 0 Å². The minimum absolute atomic E-state index is 0.171. The van der Waals surface area contributed by atoms with Crippen molar-refractivity contribution in [1.82, 2.24) is 0 Å². The molecule has 0 atom stereocenters. The molecule has 2 rings (SSSR count). The number of hydrogen-bond donors (Lipinski definition) is 2. The summed E-state index contributed by atoms with van der Waals surface area (Å²) in [6.45, 7) is 0.171. The van der Waals surface area contributed by atoms with Crippen LogP contribution in [0.5, 0.6) is 0 Å². The summed E-state index contributed by atoms with van der Waals surface area (Å²) in [6.07, 6.45) is 0. The molecule has 0 saturated carbocycles. The number of anilines is 1. The highest BCUT2D eigenvalue weighted by Crippen LogP contribution is 2.24. The lowest BCUT2D eigenvalue weighted by Gasteiger charge is -2.00. The fourth-order valence-electron chi connectivity index (χ4n) is 1.34. The molecule has 1 aromatic carbocycles. The van der Waals surface area contributed by atoms with Gasteiger partial charge in [0.25, 0.3) is 10.1 Å². The van der Waals surface area contributed by atoms with Gasteiger partial charge >= 0.3 is 0 Å². The van der Waals surface area contributed by atoms with Crippen molar-refractivity contribution in [3.05, 3.63) is 23.8 Å². The molecule has 1 aromatic rings. The Hall–Kier alpha value is -1.40. The van der Waals surface area contributed by atoms with Crippen LogP contribution in [0.1, 0.15) is 10.4 Å². The Morgan fingerprint density at radius 1 is 1.36 bits per heavy atom. The first-order chi connectivity index (χ1) is 6.48. The second-order valence-electron chi connectivity index (χ2n) is 2.96. The molecule has 74 valence electrons. The Bertz CT molecular complexity index is 506. The molecule has 5 nitrogen and oxygen atoms in total. The van der Waals surface area contributed by atoms with Crippen LogP contribution in [0.15, 0.2) is 23.1 Å². The van der Waals surface area contributed by atoms with E-state index in [1.165, 1.54) is 18.2 Å². The van der Waals surface area contributed by atoms with Crippen LogP contribution in [0.25, 0.3) is 0 Å². The van der Waals surface area contributed by atoms with E-state index >= 15 is 0 Å². The predicted molar refractivity (Wildman–Crippen MR) is 49.1 cm³/mol. The van der Waals surface area contributed by atoms with Gasteiger partial charge in [-0.25, -0.2) is 0 Å². The fraction of sp³-hybridized carbons (Fsp3) is 0.125. The molecular formula is C8H7NO4S. The Morgan fingerprint density at radius 3 is 2.71 bits per heavy atom. The molecule has 1 aliphatic rings. The van der Waals surface area contributed by atoms with Gasteiger partial charge < -0.3 is 5.32 Å². The molecule has 1 aliphatic heterocycles. The van der Waals surface area contributed by atoms with E-state index in [4.69, 9.17) is 4.55 Å². The average molecular weight is 213 g/mol. The number of ketones is 1. The van der Waals surface area contributed by atoms with E-state index in [-0.39, 0.29) is 17.2 Å². The van der Waals surface area contributed by atoms with E-state index in [0.29, 0.717) is 11.3 Å². The second-order valence-corrected chi connectivity index (χ2v) is 4.38. The van der Waals surface area contributed by atoms with Gasteiger partial charge in [-0.3, -0.25) is 9.35 Å². The highest BCUT2D eigenvalue weighted by Gasteiger charge is 2.21. The quantitative estimate of drug-likeness (QED) is 0.665. The topological polar surface area (TPSA) is 83.5 Å². The molecule has 14 heavy (non-hydrogen) atoms. The van der Waals surface area contributed by atoms with Crippen LogP contribution < -0.4 is 5.32 Å². The van der Waals surface area contributed by atoms with Gasteiger partial charge in [0.05, 0.1) is 11.4 Å². The summed E-state index contributed by atoms with van der Waals surface area (Å²) >= 11 is 0. The van der Waals surface area contributed by atoms with Crippen molar-refractivity contribution in [3.8, 4) is 0 Å². The van der Waals surface area contributed by atoms with E-state index < -0.39 is 10.1 Å². The summed E-state index contributed by atoms with van der Waals surface area (Å²) in [6, 6.07) is 3.89. The lowest BCUT2D eigenvalue weighted by atomic mass is 10.1. The van der Waals surface area contributed by atoms with Gasteiger partial charge in [0.2, 0.25) is 0 Å². The van der Waals surface area contributed by atoms with E-state index in [9.17, 15) is 13.2 Å². The van der Waals surface area contributed by atoms with Crippen molar-refractivity contribution in [3.63, 3.8) is 0 Å². The van der Waals surface area contributed by atoms with Crippen molar-refractivity contribution < 1.29 is 17.8 Å². The molecule has 0 radical (unpaired) electrons. The van der Waals surface area contributed by atoms with Gasteiger partial charge in [0.1, 0.15) is 0 Å². The van der Waals surface area contributed by atoms with Gasteiger partial charge in [-0.1, -0.05) is 0 Å². The van der Waals surface area contributed by atoms with Gasteiger partial charge in [-0.15, -0.1) is 0 Å². The second kappa shape index (κ2) is 2.79. The molecule has 0 spiro atoms. The van der Waals surface area contributed by atoms with Gasteiger partial charge in [0, 0.05) is 11.3 Å². The Labute approximate surface area is 80.5 Å². The zero-order valence-electron chi connectivity index (χ0n) is 7.02. The van der Waals surface area contributed by atoms with Crippen LogP contribution in [0, 0.1) is 0 Å². The van der Waals surface area contributed by atoms with Gasteiger partial charge in [-0.05, 0) is 18.2 Å². The number of Topliss-reactive ketones (excluding diaryl/α,β-unsaturated/α-hetero) is 1. The minimum atomic E-state index is -4.23. The Kier molecular flexibility index (Phi) is 1.83. The molecule has 0 saturated heterocycles. The van der Waals surface area contributed by atoms with Crippen molar-refractivity contribution in [2.75, 3.05) is 11.9 Å². The summed E-state index contributed by atoms with van der Waals surface area (Å²) in [5, 5.41) is 2.80. The number of carbonyl (C=O) groups is 1. The van der Waals surface area contributed by atoms with Gasteiger partial charge in [0.15, 0.2) is 5.78 Å².